The SMILES string of the molecule is CSC1(CNc2cc3c(cc2N)NC(=O)CC3)CCC1. The third kappa shape index (κ3) is 2.46. The Morgan fingerprint density at radius 2 is 2.20 bits per heavy atom. The molecule has 2 aliphatic rings. The zero-order chi connectivity index (χ0) is 14.2. The molecule has 0 bridgehead atoms. The van der Waals surface area contributed by atoms with Gasteiger partial charge in [0.05, 0.1) is 11.4 Å². The molecular formula is C15H21N3OS. The maximum atomic E-state index is 11.4. The Morgan fingerprint density at radius 3 is 2.85 bits per heavy atom. The largest absolute Gasteiger partial charge is 0.397 e. The summed E-state index contributed by atoms with van der Waals surface area (Å²) in [4.78, 5) is 11.4. The summed E-state index contributed by atoms with van der Waals surface area (Å²) in [6.45, 7) is 0.962. The number of amides is 1. The molecule has 0 spiro atoms. The predicted molar refractivity (Wildman–Crippen MR) is 86.4 cm³/mol. The van der Waals surface area contributed by atoms with Gasteiger partial charge in [-0.05, 0) is 43.2 Å². The first-order valence-electron chi connectivity index (χ1n) is 7.13. The monoisotopic (exact) mass is 291 g/mol. The molecule has 1 heterocycles. The van der Waals surface area contributed by atoms with Crippen molar-refractivity contribution in [2.75, 3.05) is 29.2 Å². The third-order valence-electron chi connectivity index (χ3n) is 4.47. The molecule has 1 amide bonds. The van der Waals surface area contributed by atoms with Crippen LogP contribution in [-0.2, 0) is 11.2 Å². The van der Waals surface area contributed by atoms with Gasteiger partial charge in [0.25, 0.3) is 0 Å². The van der Waals surface area contributed by atoms with E-state index in [2.05, 4.69) is 23.0 Å². The molecule has 0 atom stereocenters. The number of rotatable bonds is 4. The number of fused-ring (bicyclic) bond motifs is 1. The average Bonchev–Trinajstić information content (AvgIpc) is 2.38. The molecule has 1 aliphatic carbocycles. The van der Waals surface area contributed by atoms with Crippen LogP contribution in [0, 0.1) is 0 Å². The number of nitrogens with two attached hydrogens (primary N) is 1. The van der Waals surface area contributed by atoms with Crippen LogP contribution in [0.5, 0.6) is 0 Å². The van der Waals surface area contributed by atoms with Gasteiger partial charge in [0.1, 0.15) is 0 Å². The Balaban J connectivity index is 1.75. The van der Waals surface area contributed by atoms with E-state index in [4.69, 9.17) is 5.73 Å². The van der Waals surface area contributed by atoms with Crippen LogP contribution in [0.15, 0.2) is 12.1 Å². The summed E-state index contributed by atoms with van der Waals surface area (Å²) in [7, 11) is 0. The van der Waals surface area contributed by atoms with E-state index in [1.807, 2.05) is 17.8 Å². The molecule has 4 N–H and O–H groups in total. The van der Waals surface area contributed by atoms with E-state index in [-0.39, 0.29) is 5.91 Å². The van der Waals surface area contributed by atoms with Crippen LogP contribution in [-0.4, -0.2) is 23.5 Å². The van der Waals surface area contributed by atoms with Crippen LogP contribution >= 0.6 is 11.8 Å². The standard InChI is InChI=1S/C15H21N3OS/c1-20-15(5-2-6-15)9-17-13-7-10-3-4-14(19)18-12(10)8-11(13)16/h7-8,17H,2-6,9,16H2,1H3,(H,18,19). The van der Waals surface area contributed by atoms with Gasteiger partial charge >= 0.3 is 0 Å². The smallest absolute Gasteiger partial charge is 0.224 e. The molecule has 1 aromatic carbocycles. The van der Waals surface area contributed by atoms with E-state index in [0.29, 0.717) is 16.9 Å². The Morgan fingerprint density at radius 1 is 1.40 bits per heavy atom. The number of carbonyl (C=O) groups excluding carboxylic acids is 1. The maximum absolute atomic E-state index is 11.4. The molecule has 0 unspecified atom stereocenters. The number of hydrogen-bond acceptors (Lipinski definition) is 4. The second-order valence-electron chi connectivity index (χ2n) is 5.74. The molecule has 0 saturated heterocycles. The van der Waals surface area contributed by atoms with Crippen molar-refractivity contribution in [2.24, 2.45) is 0 Å². The van der Waals surface area contributed by atoms with E-state index in [0.717, 1.165) is 24.3 Å². The lowest BCUT2D eigenvalue weighted by Gasteiger charge is -2.40. The highest BCUT2D eigenvalue weighted by atomic mass is 32.2. The summed E-state index contributed by atoms with van der Waals surface area (Å²) in [5.41, 5.74) is 9.85. The number of nitrogen functional groups attached to an aromatic ring is 1. The van der Waals surface area contributed by atoms with Gasteiger partial charge < -0.3 is 16.4 Å². The van der Waals surface area contributed by atoms with Gasteiger partial charge in [0.15, 0.2) is 0 Å². The fourth-order valence-corrected chi connectivity index (χ4v) is 3.79. The lowest BCUT2D eigenvalue weighted by Crippen LogP contribution is -2.40. The summed E-state index contributed by atoms with van der Waals surface area (Å²) in [6, 6.07) is 3.97. The lowest BCUT2D eigenvalue weighted by atomic mass is 9.84. The molecule has 5 heteroatoms. The van der Waals surface area contributed by atoms with Crippen molar-refractivity contribution in [1.82, 2.24) is 0 Å². The Hall–Kier alpha value is -1.36. The molecule has 20 heavy (non-hydrogen) atoms. The molecular weight excluding hydrogens is 270 g/mol. The number of aryl methyl sites for hydroxylation is 1. The van der Waals surface area contributed by atoms with Crippen molar-refractivity contribution in [3.8, 4) is 0 Å². The maximum Gasteiger partial charge on any atom is 0.224 e. The van der Waals surface area contributed by atoms with Crippen LogP contribution in [0.3, 0.4) is 0 Å². The molecule has 0 aromatic heterocycles. The van der Waals surface area contributed by atoms with E-state index in [1.165, 1.54) is 24.8 Å². The zero-order valence-electron chi connectivity index (χ0n) is 11.8. The second-order valence-corrected chi connectivity index (χ2v) is 7.01. The van der Waals surface area contributed by atoms with Crippen LogP contribution < -0.4 is 16.4 Å². The van der Waals surface area contributed by atoms with Gasteiger partial charge in [-0.2, -0.15) is 11.8 Å². The molecule has 1 saturated carbocycles. The Kier molecular flexibility index (Phi) is 3.54. The third-order valence-corrected chi connectivity index (χ3v) is 5.89. The number of hydrogen-bond donors (Lipinski definition) is 3. The minimum Gasteiger partial charge on any atom is -0.397 e. The first-order valence-corrected chi connectivity index (χ1v) is 8.36. The quantitative estimate of drug-likeness (QED) is 0.746. The minimum absolute atomic E-state index is 0.0772. The van der Waals surface area contributed by atoms with Gasteiger partial charge in [-0.1, -0.05) is 6.42 Å². The van der Waals surface area contributed by atoms with Crippen molar-refractivity contribution in [3.63, 3.8) is 0 Å². The van der Waals surface area contributed by atoms with Crippen LogP contribution in [0.4, 0.5) is 17.1 Å². The fraction of sp³-hybridized carbons (Fsp3) is 0.533. The molecule has 1 aromatic rings. The first kappa shape index (κ1) is 13.6. The lowest BCUT2D eigenvalue weighted by molar-refractivity contribution is -0.116. The number of anilines is 3. The van der Waals surface area contributed by atoms with Gasteiger partial charge in [0, 0.05) is 23.4 Å². The summed E-state index contributed by atoms with van der Waals surface area (Å²) in [6.07, 6.45) is 7.43. The van der Waals surface area contributed by atoms with Crippen LogP contribution in [0.1, 0.15) is 31.2 Å². The van der Waals surface area contributed by atoms with E-state index in [1.54, 1.807) is 0 Å². The highest BCUT2D eigenvalue weighted by Gasteiger charge is 2.35. The molecule has 4 nitrogen and oxygen atoms in total. The van der Waals surface area contributed by atoms with Gasteiger partial charge in [-0.15, -0.1) is 0 Å². The van der Waals surface area contributed by atoms with Crippen molar-refractivity contribution in [2.45, 2.75) is 36.9 Å². The highest BCUT2D eigenvalue weighted by molar-refractivity contribution is 8.00. The summed E-state index contributed by atoms with van der Waals surface area (Å²) >= 11 is 1.95. The van der Waals surface area contributed by atoms with E-state index >= 15 is 0 Å². The number of carbonyl (C=O) groups is 1. The van der Waals surface area contributed by atoms with Crippen LogP contribution in [0.25, 0.3) is 0 Å². The number of nitrogens with one attached hydrogen (secondary N) is 2. The second kappa shape index (κ2) is 5.20. The number of benzene rings is 1. The average molecular weight is 291 g/mol. The van der Waals surface area contributed by atoms with Crippen molar-refractivity contribution >= 4 is 34.7 Å². The zero-order valence-corrected chi connectivity index (χ0v) is 12.6. The normalized spacial score (nSPS) is 19.8. The van der Waals surface area contributed by atoms with E-state index in [9.17, 15) is 4.79 Å². The van der Waals surface area contributed by atoms with Crippen molar-refractivity contribution in [3.05, 3.63) is 17.7 Å². The topological polar surface area (TPSA) is 67.2 Å². The summed E-state index contributed by atoms with van der Waals surface area (Å²) < 4.78 is 0.385. The van der Waals surface area contributed by atoms with Gasteiger partial charge in [-0.3, -0.25) is 4.79 Å². The first-order chi connectivity index (χ1) is 9.62. The molecule has 3 rings (SSSR count). The van der Waals surface area contributed by atoms with E-state index < -0.39 is 0 Å². The predicted octanol–water partition coefficient (Wildman–Crippen LogP) is 2.85. The fourth-order valence-electron chi connectivity index (χ4n) is 2.88. The van der Waals surface area contributed by atoms with Gasteiger partial charge in [0.2, 0.25) is 5.91 Å². The molecule has 0 radical (unpaired) electrons. The molecule has 108 valence electrons. The highest BCUT2D eigenvalue weighted by Crippen LogP contribution is 2.43. The summed E-state index contributed by atoms with van der Waals surface area (Å²) in [5, 5.41) is 6.39. The number of thioether (sulfide) groups is 1. The minimum atomic E-state index is 0.0772. The van der Waals surface area contributed by atoms with Crippen molar-refractivity contribution in [1.29, 1.82) is 0 Å². The molecule has 1 aliphatic heterocycles. The Bertz CT molecular complexity index is 535. The summed E-state index contributed by atoms with van der Waals surface area (Å²) in [5.74, 6) is 0.0772. The van der Waals surface area contributed by atoms with Crippen LogP contribution in [0.2, 0.25) is 0 Å². The van der Waals surface area contributed by atoms with Gasteiger partial charge in [-0.25, -0.2) is 0 Å². The Labute approximate surface area is 123 Å². The molecule has 1 fully saturated rings. The van der Waals surface area contributed by atoms with Crippen molar-refractivity contribution < 1.29 is 4.79 Å².